The van der Waals surface area contributed by atoms with Gasteiger partial charge in [0, 0.05) is 13.1 Å². The molecule has 0 saturated carbocycles. The van der Waals surface area contributed by atoms with Crippen LogP contribution in [0.5, 0.6) is 5.75 Å². The van der Waals surface area contributed by atoms with E-state index in [1.165, 1.54) is 17.5 Å². The summed E-state index contributed by atoms with van der Waals surface area (Å²) in [5.74, 6) is 1.47. The molecule has 1 aromatic carbocycles. The summed E-state index contributed by atoms with van der Waals surface area (Å²) in [6.45, 7) is 9.12. The summed E-state index contributed by atoms with van der Waals surface area (Å²) in [6, 6.07) is 6.09. The van der Waals surface area contributed by atoms with E-state index in [2.05, 4.69) is 32.2 Å². The number of amides is 2. The van der Waals surface area contributed by atoms with Gasteiger partial charge in [-0.2, -0.15) is 0 Å². The number of nitrogens with zero attached hydrogens (tertiary/aromatic N) is 1. The predicted octanol–water partition coefficient (Wildman–Crippen LogP) is 3.12. The Labute approximate surface area is 127 Å². The van der Waals surface area contributed by atoms with Crippen molar-refractivity contribution in [2.75, 3.05) is 26.2 Å². The first kappa shape index (κ1) is 15.7. The molecule has 21 heavy (non-hydrogen) atoms. The Bertz CT molecular complexity index is 488. The molecule has 1 unspecified atom stereocenters. The molecule has 1 saturated heterocycles. The Kier molecular flexibility index (Phi) is 5.48. The maximum Gasteiger partial charge on any atom is 0.317 e. The second-order valence-corrected chi connectivity index (χ2v) is 6.02. The average molecular weight is 290 g/mol. The topological polar surface area (TPSA) is 41.6 Å². The van der Waals surface area contributed by atoms with Crippen molar-refractivity contribution < 1.29 is 9.53 Å². The summed E-state index contributed by atoms with van der Waals surface area (Å²) in [5, 5.41) is 2.93. The molecule has 2 rings (SSSR count). The molecule has 0 aromatic heterocycles. The molecule has 1 fully saturated rings. The maximum atomic E-state index is 12.0. The van der Waals surface area contributed by atoms with Gasteiger partial charge in [0.05, 0.1) is 6.54 Å². The number of aryl methyl sites for hydroxylation is 2. The molecule has 4 heteroatoms. The zero-order valence-electron chi connectivity index (χ0n) is 13.3. The van der Waals surface area contributed by atoms with E-state index in [0.717, 1.165) is 25.3 Å². The van der Waals surface area contributed by atoms with E-state index in [1.807, 2.05) is 17.0 Å². The van der Waals surface area contributed by atoms with Crippen LogP contribution in [0.1, 0.15) is 30.9 Å². The van der Waals surface area contributed by atoms with Crippen molar-refractivity contribution in [2.45, 2.75) is 33.6 Å². The molecule has 116 valence electrons. The average Bonchev–Trinajstić information content (AvgIpc) is 2.47. The van der Waals surface area contributed by atoms with Gasteiger partial charge in [-0.1, -0.05) is 13.0 Å². The van der Waals surface area contributed by atoms with Gasteiger partial charge < -0.3 is 15.0 Å². The molecule has 0 bridgehead atoms. The lowest BCUT2D eigenvalue weighted by Gasteiger charge is -2.30. The molecule has 0 spiro atoms. The third-order valence-corrected chi connectivity index (χ3v) is 4.07. The summed E-state index contributed by atoms with van der Waals surface area (Å²) in [4.78, 5) is 13.9. The first-order valence-corrected chi connectivity index (χ1v) is 7.79. The molecule has 1 atom stereocenters. The van der Waals surface area contributed by atoms with Gasteiger partial charge in [-0.15, -0.1) is 0 Å². The summed E-state index contributed by atoms with van der Waals surface area (Å²) in [5.41, 5.74) is 2.48. The fraction of sp³-hybridized carbons (Fsp3) is 0.588. The molecule has 0 aliphatic carbocycles. The SMILES string of the molecule is Cc1ccc(OCCNC(=O)N2CCCC(C)C2)cc1C. The summed E-state index contributed by atoms with van der Waals surface area (Å²) >= 11 is 0. The first-order chi connectivity index (χ1) is 10.1. The minimum absolute atomic E-state index is 0.0326. The Morgan fingerprint density at radius 3 is 2.90 bits per heavy atom. The number of carbonyl (C=O) groups is 1. The predicted molar refractivity (Wildman–Crippen MR) is 84.8 cm³/mol. The van der Waals surface area contributed by atoms with E-state index >= 15 is 0 Å². The largest absolute Gasteiger partial charge is 0.492 e. The summed E-state index contributed by atoms with van der Waals surface area (Å²) in [6.07, 6.45) is 2.33. The molecule has 1 aliphatic heterocycles. The minimum Gasteiger partial charge on any atom is -0.492 e. The molecule has 1 aromatic rings. The normalized spacial score (nSPS) is 18.4. The van der Waals surface area contributed by atoms with Gasteiger partial charge in [0.2, 0.25) is 0 Å². The van der Waals surface area contributed by atoms with Gasteiger partial charge in [-0.05, 0) is 55.9 Å². The molecule has 1 aliphatic rings. The number of ether oxygens (including phenoxy) is 1. The number of carbonyl (C=O) groups excluding carboxylic acids is 1. The maximum absolute atomic E-state index is 12.0. The molecule has 4 nitrogen and oxygen atoms in total. The Hall–Kier alpha value is -1.71. The van der Waals surface area contributed by atoms with Gasteiger partial charge >= 0.3 is 6.03 Å². The van der Waals surface area contributed by atoms with Gasteiger partial charge in [-0.3, -0.25) is 0 Å². The van der Waals surface area contributed by atoms with E-state index < -0.39 is 0 Å². The van der Waals surface area contributed by atoms with Crippen molar-refractivity contribution in [2.24, 2.45) is 5.92 Å². The Balaban J connectivity index is 1.69. The standard InChI is InChI=1S/C17H26N2O2/c1-13-5-4-9-19(12-13)17(20)18-8-10-21-16-7-6-14(2)15(3)11-16/h6-7,11,13H,4-5,8-10,12H2,1-3H3,(H,18,20). The van der Waals surface area contributed by atoms with Crippen molar-refractivity contribution in [3.8, 4) is 5.75 Å². The van der Waals surface area contributed by atoms with Gasteiger partial charge in [0.15, 0.2) is 0 Å². The lowest BCUT2D eigenvalue weighted by atomic mass is 10.0. The lowest BCUT2D eigenvalue weighted by molar-refractivity contribution is 0.167. The van der Waals surface area contributed by atoms with Crippen LogP contribution >= 0.6 is 0 Å². The fourth-order valence-electron chi connectivity index (χ4n) is 2.62. The van der Waals surface area contributed by atoms with Crippen LogP contribution in [0.3, 0.4) is 0 Å². The summed E-state index contributed by atoms with van der Waals surface area (Å²) in [7, 11) is 0. The Morgan fingerprint density at radius 2 is 2.19 bits per heavy atom. The van der Waals surface area contributed by atoms with Gasteiger partial charge in [0.25, 0.3) is 0 Å². The quantitative estimate of drug-likeness (QED) is 0.866. The number of hydrogen-bond donors (Lipinski definition) is 1. The van der Waals surface area contributed by atoms with Crippen LogP contribution in [0, 0.1) is 19.8 Å². The van der Waals surface area contributed by atoms with Crippen LogP contribution in [0.15, 0.2) is 18.2 Å². The summed E-state index contributed by atoms with van der Waals surface area (Å²) < 4.78 is 5.67. The van der Waals surface area contributed by atoms with E-state index in [9.17, 15) is 4.79 Å². The zero-order valence-corrected chi connectivity index (χ0v) is 13.3. The molecule has 0 radical (unpaired) electrons. The highest BCUT2D eigenvalue weighted by Gasteiger charge is 2.20. The van der Waals surface area contributed by atoms with Crippen LogP contribution < -0.4 is 10.1 Å². The van der Waals surface area contributed by atoms with Crippen molar-refractivity contribution in [1.82, 2.24) is 10.2 Å². The minimum atomic E-state index is 0.0326. The Morgan fingerprint density at radius 1 is 1.38 bits per heavy atom. The third-order valence-electron chi connectivity index (χ3n) is 4.07. The second kappa shape index (κ2) is 7.34. The van der Waals surface area contributed by atoms with Gasteiger partial charge in [-0.25, -0.2) is 4.79 Å². The third kappa shape index (κ3) is 4.66. The molecular weight excluding hydrogens is 264 g/mol. The number of nitrogens with one attached hydrogen (secondary N) is 1. The van der Waals surface area contributed by atoms with Crippen LogP contribution in [0.25, 0.3) is 0 Å². The molecule has 1 N–H and O–H groups in total. The number of likely N-dealkylation sites (tertiary alicyclic amines) is 1. The number of rotatable bonds is 4. The van der Waals surface area contributed by atoms with E-state index in [4.69, 9.17) is 4.74 Å². The fourth-order valence-corrected chi connectivity index (χ4v) is 2.62. The van der Waals surface area contributed by atoms with Crippen molar-refractivity contribution in [1.29, 1.82) is 0 Å². The van der Waals surface area contributed by atoms with Crippen molar-refractivity contribution >= 4 is 6.03 Å². The molecular formula is C17H26N2O2. The molecule has 1 heterocycles. The van der Waals surface area contributed by atoms with E-state index in [1.54, 1.807) is 0 Å². The van der Waals surface area contributed by atoms with Gasteiger partial charge in [0.1, 0.15) is 12.4 Å². The van der Waals surface area contributed by atoms with Crippen LogP contribution in [0.4, 0.5) is 4.79 Å². The smallest absolute Gasteiger partial charge is 0.317 e. The van der Waals surface area contributed by atoms with Crippen LogP contribution in [-0.2, 0) is 0 Å². The number of benzene rings is 1. The van der Waals surface area contributed by atoms with E-state index in [-0.39, 0.29) is 6.03 Å². The van der Waals surface area contributed by atoms with E-state index in [0.29, 0.717) is 19.1 Å². The zero-order chi connectivity index (χ0) is 15.2. The highest BCUT2D eigenvalue weighted by molar-refractivity contribution is 5.74. The first-order valence-electron chi connectivity index (χ1n) is 7.79. The van der Waals surface area contributed by atoms with Crippen LogP contribution in [-0.4, -0.2) is 37.2 Å². The van der Waals surface area contributed by atoms with Crippen molar-refractivity contribution in [3.05, 3.63) is 29.3 Å². The van der Waals surface area contributed by atoms with Crippen LogP contribution in [0.2, 0.25) is 0 Å². The number of hydrogen-bond acceptors (Lipinski definition) is 2. The molecule has 2 amide bonds. The van der Waals surface area contributed by atoms with Crippen molar-refractivity contribution in [3.63, 3.8) is 0 Å². The monoisotopic (exact) mass is 290 g/mol. The lowest BCUT2D eigenvalue weighted by Crippen LogP contribution is -2.45. The highest BCUT2D eigenvalue weighted by atomic mass is 16.5. The second-order valence-electron chi connectivity index (χ2n) is 6.02. The number of urea groups is 1. The highest BCUT2D eigenvalue weighted by Crippen LogP contribution is 2.16. The number of piperidine rings is 1.